The minimum absolute atomic E-state index is 0.126. The Kier molecular flexibility index (Phi) is 5.83. The molecule has 2 aromatic rings. The average Bonchev–Trinajstić information content (AvgIpc) is 3.09. The van der Waals surface area contributed by atoms with E-state index in [0.717, 1.165) is 22.3 Å². The molecule has 1 aliphatic heterocycles. The molecule has 0 radical (unpaired) electrons. The lowest BCUT2D eigenvalue weighted by molar-refractivity contribution is -0.111. The maximum absolute atomic E-state index is 12.0. The van der Waals surface area contributed by atoms with Crippen LogP contribution in [0.4, 0.5) is 5.69 Å². The molecule has 0 unspecified atom stereocenters. The molecule has 1 N–H and O–H groups in total. The van der Waals surface area contributed by atoms with Crippen LogP contribution in [0.15, 0.2) is 59.1 Å². The van der Waals surface area contributed by atoms with Crippen LogP contribution in [-0.2, 0) is 11.3 Å². The maximum Gasteiger partial charge on any atom is 0.248 e. The first-order valence-corrected chi connectivity index (χ1v) is 9.04. The number of halogens is 1. The maximum atomic E-state index is 12.0. The summed E-state index contributed by atoms with van der Waals surface area (Å²) >= 11 is 3.38. The second kappa shape index (κ2) is 8.27. The largest absolute Gasteiger partial charge is 0.323 e. The molecule has 0 atom stereocenters. The van der Waals surface area contributed by atoms with Crippen molar-refractivity contribution in [2.75, 3.05) is 18.4 Å². The van der Waals surface area contributed by atoms with Crippen molar-refractivity contribution in [1.29, 1.82) is 0 Å². The third-order valence-electron chi connectivity index (χ3n) is 4.12. The molecule has 0 aromatic heterocycles. The Morgan fingerprint density at radius 2 is 1.71 bits per heavy atom. The zero-order valence-corrected chi connectivity index (χ0v) is 15.1. The Balaban J connectivity index is 1.53. The van der Waals surface area contributed by atoms with Crippen molar-refractivity contribution in [3.8, 4) is 0 Å². The summed E-state index contributed by atoms with van der Waals surface area (Å²) in [6, 6.07) is 15.9. The van der Waals surface area contributed by atoms with Gasteiger partial charge in [0.05, 0.1) is 0 Å². The van der Waals surface area contributed by atoms with Gasteiger partial charge in [-0.3, -0.25) is 9.69 Å². The average molecular weight is 385 g/mol. The van der Waals surface area contributed by atoms with E-state index in [4.69, 9.17) is 0 Å². The van der Waals surface area contributed by atoms with Crippen LogP contribution in [0.3, 0.4) is 0 Å². The van der Waals surface area contributed by atoms with Gasteiger partial charge in [-0.2, -0.15) is 0 Å². The molecular formula is C20H21BrN2O. The highest BCUT2D eigenvalue weighted by molar-refractivity contribution is 9.10. The van der Waals surface area contributed by atoms with E-state index in [1.165, 1.54) is 31.5 Å². The number of hydrogen-bond donors (Lipinski definition) is 1. The van der Waals surface area contributed by atoms with Crippen LogP contribution in [0, 0.1) is 0 Å². The first kappa shape index (κ1) is 16.9. The highest BCUT2D eigenvalue weighted by atomic mass is 79.9. The predicted molar refractivity (Wildman–Crippen MR) is 103 cm³/mol. The van der Waals surface area contributed by atoms with Gasteiger partial charge in [-0.05, 0) is 67.4 Å². The summed E-state index contributed by atoms with van der Waals surface area (Å²) in [5.74, 6) is -0.126. The molecule has 2 aromatic carbocycles. The summed E-state index contributed by atoms with van der Waals surface area (Å²) in [4.78, 5) is 14.4. The first-order chi connectivity index (χ1) is 11.7. The summed E-state index contributed by atoms with van der Waals surface area (Å²) in [6.45, 7) is 3.43. The highest BCUT2D eigenvalue weighted by Gasteiger charge is 2.11. The van der Waals surface area contributed by atoms with E-state index in [-0.39, 0.29) is 5.91 Å². The van der Waals surface area contributed by atoms with Crippen LogP contribution in [0.5, 0.6) is 0 Å². The third-order valence-corrected chi connectivity index (χ3v) is 4.65. The molecule has 0 saturated carbocycles. The Morgan fingerprint density at radius 3 is 2.38 bits per heavy atom. The molecule has 3 nitrogen and oxygen atoms in total. The number of carbonyl (C=O) groups excluding carboxylic acids is 1. The monoisotopic (exact) mass is 384 g/mol. The molecule has 1 aliphatic rings. The molecule has 0 spiro atoms. The number of nitrogens with one attached hydrogen (secondary N) is 1. The van der Waals surface area contributed by atoms with E-state index >= 15 is 0 Å². The molecule has 1 saturated heterocycles. The minimum Gasteiger partial charge on any atom is -0.323 e. The van der Waals surface area contributed by atoms with Gasteiger partial charge in [-0.25, -0.2) is 0 Å². The molecule has 0 aliphatic carbocycles. The highest BCUT2D eigenvalue weighted by Crippen LogP contribution is 2.15. The summed E-state index contributed by atoms with van der Waals surface area (Å²) < 4.78 is 0.991. The van der Waals surface area contributed by atoms with E-state index in [9.17, 15) is 4.79 Å². The van der Waals surface area contributed by atoms with Crippen molar-refractivity contribution in [3.05, 3.63) is 70.2 Å². The second-order valence-electron chi connectivity index (χ2n) is 6.05. The topological polar surface area (TPSA) is 32.3 Å². The standard InChI is InChI=1S/C20H21BrN2O/c21-18-8-10-19(11-9-18)22-20(24)12-7-16-3-5-17(6-4-16)15-23-13-1-2-14-23/h3-12H,1-2,13-15H2,(H,22,24). The van der Waals surface area contributed by atoms with E-state index in [2.05, 4.69) is 50.4 Å². The van der Waals surface area contributed by atoms with Crippen LogP contribution in [0.2, 0.25) is 0 Å². The molecule has 1 fully saturated rings. The molecule has 4 heteroatoms. The fraction of sp³-hybridized carbons (Fsp3) is 0.250. The Labute approximate surface area is 151 Å². The molecule has 3 rings (SSSR count). The molecular weight excluding hydrogens is 364 g/mol. The van der Waals surface area contributed by atoms with Crippen LogP contribution >= 0.6 is 15.9 Å². The fourth-order valence-corrected chi connectivity index (χ4v) is 3.09. The number of hydrogen-bond acceptors (Lipinski definition) is 2. The van der Waals surface area contributed by atoms with Gasteiger partial charge in [0.1, 0.15) is 0 Å². The van der Waals surface area contributed by atoms with Gasteiger partial charge in [0.25, 0.3) is 0 Å². The number of benzene rings is 2. The lowest BCUT2D eigenvalue weighted by atomic mass is 10.1. The SMILES string of the molecule is O=C(C=Cc1ccc(CN2CCCC2)cc1)Nc1ccc(Br)cc1. The van der Waals surface area contributed by atoms with Crippen molar-refractivity contribution in [1.82, 2.24) is 4.90 Å². The number of anilines is 1. The normalized spacial score (nSPS) is 15.0. The lowest BCUT2D eigenvalue weighted by Crippen LogP contribution is -2.18. The van der Waals surface area contributed by atoms with E-state index in [0.29, 0.717) is 0 Å². The van der Waals surface area contributed by atoms with E-state index < -0.39 is 0 Å². The van der Waals surface area contributed by atoms with Gasteiger partial charge < -0.3 is 5.32 Å². The Hall–Kier alpha value is -1.91. The van der Waals surface area contributed by atoms with Gasteiger partial charge in [0.15, 0.2) is 0 Å². The summed E-state index contributed by atoms with van der Waals surface area (Å²) in [6.07, 6.45) is 6.04. The lowest BCUT2D eigenvalue weighted by Gasteiger charge is -2.14. The second-order valence-corrected chi connectivity index (χ2v) is 6.97. The van der Waals surface area contributed by atoms with Crippen molar-refractivity contribution in [2.45, 2.75) is 19.4 Å². The van der Waals surface area contributed by atoms with Crippen LogP contribution < -0.4 is 5.32 Å². The zero-order valence-electron chi connectivity index (χ0n) is 13.5. The molecule has 124 valence electrons. The van der Waals surface area contributed by atoms with E-state index in [1.54, 1.807) is 6.08 Å². The quantitative estimate of drug-likeness (QED) is 0.757. The molecule has 1 amide bonds. The van der Waals surface area contributed by atoms with Gasteiger partial charge in [-0.1, -0.05) is 40.2 Å². The molecule has 1 heterocycles. The van der Waals surface area contributed by atoms with Crippen LogP contribution in [0.25, 0.3) is 6.08 Å². The van der Waals surface area contributed by atoms with Crippen molar-refractivity contribution in [2.24, 2.45) is 0 Å². The van der Waals surface area contributed by atoms with Gasteiger partial charge in [0.2, 0.25) is 5.91 Å². The van der Waals surface area contributed by atoms with Crippen molar-refractivity contribution < 1.29 is 4.79 Å². The number of nitrogens with zero attached hydrogens (tertiary/aromatic N) is 1. The van der Waals surface area contributed by atoms with E-state index in [1.807, 2.05) is 30.3 Å². The third kappa shape index (κ3) is 5.05. The number of amides is 1. The summed E-state index contributed by atoms with van der Waals surface area (Å²) in [5, 5.41) is 2.85. The van der Waals surface area contributed by atoms with Gasteiger partial charge in [0, 0.05) is 22.8 Å². The first-order valence-electron chi connectivity index (χ1n) is 8.25. The van der Waals surface area contributed by atoms with Crippen molar-refractivity contribution in [3.63, 3.8) is 0 Å². The fourth-order valence-electron chi connectivity index (χ4n) is 2.82. The van der Waals surface area contributed by atoms with Gasteiger partial charge >= 0.3 is 0 Å². The number of rotatable bonds is 5. The van der Waals surface area contributed by atoms with Crippen LogP contribution in [-0.4, -0.2) is 23.9 Å². The summed E-state index contributed by atoms with van der Waals surface area (Å²) in [5.41, 5.74) is 3.15. The van der Waals surface area contributed by atoms with Gasteiger partial charge in [-0.15, -0.1) is 0 Å². The smallest absolute Gasteiger partial charge is 0.248 e. The summed E-state index contributed by atoms with van der Waals surface area (Å²) in [7, 11) is 0. The number of carbonyl (C=O) groups is 1. The predicted octanol–water partition coefficient (Wildman–Crippen LogP) is 4.70. The van der Waals surface area contributed by atoms with Crippen molar-refractivity contribution >= 4 is 33.6 Å². The Morgan fingerprint density at radius 1 is 1.04 bits per heavy atom. The minimum atomic E-state index is -0.126. The van der Waals surface area contributed by atoms with Crippen LogP contribution in [0.1, 0.15) is 24.0 Å². The zero-order chi connectivity index (χ0) is 16.8. The molecule has 24 heavy (non-hydrogen) atoms. The Bertz CT molecular complexity index is 701. The number of likely N-dealkylation sites (tertiary alicyclic amines) is 1. The molecule has 0 bridgehead atoms.